The second-order valence-corrected chi connectivity index (χ2v) is 5.03. The SMILES string of the molecule is CC1CCc2nc(CCN)sc2C1. The van der Waals surface area contributed by atoms with E-state index < -0.39 is 0 Å². The van der Waals surface area contributed by atoms with Gasteiger partial charge >= 0.3 is 0 Å². The molecule has 3 heteroatoms. The molecule has 1 atom stereocenters. The number of fused-ring (bicyclic) bond motifs is 1. The summed E-state index contributed by atoms with van der Waals surface area (Å²) >= 11 is 1.87. The first-order valence-corrected chi connectivity index (χ1v) is 5.78. The number of aryl methyl sites for hydroxylation is 1. The van der Waals surface area contributed by atoms with Crippen LogP contribution >= 0.6 is 11.3 Å². The molecule has 1 unspecified atom stereocenters. The van der Waals surface area contributed by atoms with Crippen LogP contribution in [0.25, 0.3) is 0 Å². The largest absolute Gasteiger partial charge is 0.330 e. The van der Waals surface area contributed by atoms with Crippen LogP contribution in [0.5, 0.6) is 0 Å². The highest BCUT2D eigenvalue weighted by molar-refractivity contribution is 7.11. The van der Waals surface area contributed by atoms with Gasteiger partial charge in [0, 0.05) is 11.3 Å². The Labute approximate surface area is 83.2 Å². The first-order chi connectivity index (χ1) is 6.29. The van der Waals surface area contributed by atoms with Gasteiger partial charge in [0.15, 0.2) is 0 Å². The normalized spacial score (nSPS) is 21.5. The van der Waals surface area contributed by atoms with Crippen LogP contribution in [0.1, 0.15) is 28.9 Å². The maximum atomic E-state index is 5.51. The molecule has 0 amide bonds. The van der Waals surface area contributed by atoms with Crippen molar-refractivity contribution in [3.63, 3.8) is 0 Å². The average molecular weight is 196 g/mol. The monoisotopic (exact) mass is 196 g/mol. The zero-order valence-electron chi connectivity index (χ0n) is 8.05. The smallest absolute Gasteiger partial charge is 0.0943 e. The summed E-state index contributed by atoms with van der Waals surface area (Å²) in [6, 6.07) is 0. The van der Waals surface area contributed by atoms with Crippen molar-refractivity contribution >= 4 is 11.3 Å². The molecule has 0 saturated heterocycles. The standard InChI is InChI=1S/C10H16N2S/c1-7-2-3-8-9(6-7)13-10(12-8)4-5-11/h7H,2-6,11H2,1H3. The molecule has 0 fully saturated rings. The van der Waals surface area contributed by atoms with E-state index in [1.54, 1.807) is 0 Å². The van der Waals surface area contributed by atoms with Crippen molar-refractivity contribution in [2.24, 2.45) is 11.7 Å². The Morgan fingerprint density at radius 3 is 3.23 bits per heavy atom. The van der Waals surface area contributed by atoms with Gasteiger partial charge in [-0.3, -0.25) is 0 Å². The lowest BCUT2D eigenvalue weighted by molar-refractivity contribution is 0.501. The molecule has 0 bridgehead atoms. The van der Waals surface area contributed by atoms with Crippen LogP contribution in [-0.2, 0) is 19.3 Å². The van der Waals surface area contributed by atoms with Gasteiger partial charge in [-0.25, -0.2) is 4.98 Å². The van der Waals surface area contributed by atoms with Crippen molar-refractivity contribution in [2.75, 3.05) is 6.54 Å². The Morgan fingerprint density at radius 2 is 2.46 bits per heavy atom. The first-order valence-electron chi connectivity index (χ1n) is 4.97. The third-order valence-electron chi connectivity index (χ3n) is 2.59. The van der Waals surface area contributed by atoms with E-state index in [-0.39, 0.29) is 0 Å². The molecule has 0 radical (unpaired) electrons. The van der Waals surface area contributed by atoms with Gasteiger partial charge < -0.3 is 5.73 Å². The quantitative estimate of drug-likeness (QED) is 0.783. The molecule has 2 N–H and O–H groups in total. The Kier molecular flexibility index (Phi) is 2.65. The molecule has 1 aliphatic rings. The van der Waals surface area contributed by atoms with Crippen molar-refractivity contribution in [3.8, 4) is 0 Å². The highest BCUT2D eigenvalue weighted by Crippen LogP contribution is 2.29. The van der Waals surface area contributed by atoms with E-state index in [0.29, 0.717) is 0 Å². The summed E-state index contributed by atoms with van der Waals surface area (Å²) in [7, 11) is 0. The Bertz CT molecular complexity index is 293. The van der Waals surface area contributed by atoms with Crippen molar-refractivity contribution in [1.82, 2.24) is 4.98 Å². The maximum Gasteiger partial charge on any atom is 0.0943 e. The van der Waals surface area contributed by atoms with Crippen molar-refractivity contribution in [3.05, 3.63) is 15.6 Å². The molecule has 1 aliphatic carbocycles. The lowest BCUT2D eigenvalue weighted by atomic mass is 9.93. The molecule has 1 heterocycles. The third-order valence-corrected chi connectivity index (χ3v) is 3.77. The van der Waals surface area contributed by atoms with Gasteiger partial charge in [0.1, 0.15) is 0 Å². The van der Waals surface area contributed by atoms with Crippen molar-refractivity contribution in [1.29, 1.82) is 0 Å². The van der Waals surface area contributed by atoms with E-state index >= 15 is 0 Å². The second kappa shape index (κ2) is 3.76. The lowest BCUT2D eigenvalue weighted by Crippen LogP contribution is -2.09. The Balaban J connectivity index is 2.18. The fourth-order valence-electron chi connectivity index (χ4n) is 1.82. The minimum absolute atomic E-state index is 0.724. The minimum Gasteiger partial charge on any atom is -0.330 e. The predicted octanol–water partition coefficient (Wildman–Crippen LogP) is 1.77. The summed E-state index contributed by atoms with van der Waals surface area (Å²) in [6.07, 6.45) is 4.67. The summed E-state index contributed by atoms with van der Waals surface area (Å²) in [5.74, 6) is 0.846. The summed E-state index contributed by atoms with van der Waals surface area (Å²) in [4.78, 5) is 6.13. The topological polar surface area (TPSA) is 38.9 Å². The minimum atomic E-state index is 0.724. The van der Waals surface area contributed by atoms with Crippen molar-refractivity contribution in [2.45, 2.75) is 32.6 Å². The molecule has 13 heavy (non-hydrogen) atoms. The zero-order valence-corrected chi connectivity index (χ0v) is 8.86. The van der Waals surface area contributed by atoms with E-state index in [1.165, 1.54) is 34.8 Å². The molecule has 2 rings (SSSR count). The Morgan fingerprint density at radius 1 is 1.62 bits per heavy atom. The van der Waals surface area contributed by atoms with Crippen LogP contribution in [0.15, 0.2) is 0 Å². The van der Waals surface area contributed by atoms with Gasteiger partial charge in [-0.15, -0.1) is 11.3 Å². The number of aromatic nitrogens is 1. The van der Waals surface area contributed by atoms with E-state index in [1.807, 2.05) is 11.3 Å². The molecule has 1 aromatic rings. The maximum absolute atomic E-state index is 5.51. The van der Waals surface area contributed by atoms with E-state index in [0.717, 1.165) is 18.9 Å². The molecule has 1 aromatic heterocycles. The Hall–Kier alpha value is -0.410. The lowest BCUT2D eigenvalue weighted by Gasteiger charge is -2.15. The van der Waals surface area contributed by atoms with Crippen LogP contribution in [0.3, 0.4) is 0 Å². The number of hydrogen-bond acceptors (Lipinski definition) is 3. The second-order valence-electron chi connectivity index (χ2n) is 3.86. The van der Waals surface area contributed by atoms with E-state index in [4.69, 9.17) is 5.73 Å². The van der Waals surface area contributed by atoms with Crippen LogP contribution in [0.2, 0.25) is 0 Å². The highest BCUT2D eigenvalue weighted by Gasteiger charge is 2.19. The summed E-state index contributed by atoms with van der Waals surface area (Å²) in [5.41, 5.74) is 6.87. The van der Waals surface area contributed by atoms with E-state index in [2.05, 4.69) is 11.9 Å². The summed E-state index contributed by atoms with van der Waals surface area (Å²) in [5, 5.41) is 1.24. The van der Waals surface area contributed by atoms with Crippen LogP contribution in [-0.4, -0.2) is 11.5 Å². The summed E-state index contributed by atoms with van der Waals surface area (Å²) < 4.78 is 0. The number of nitrogens with two attached hydrogens (primary N) is 1. The molecular formula is C10H16N2S. The molecule has 0 saturated carbocycles. The van der Waals surface area contributed by atoms with E-state index in [9.17, 15) is 0 Å². The van der Waals surface area contributed by atoms with Gasteiger partial charge in [0.25, 0.3) is 0 Å². The third kappa shape index (κ3) is 1.92. The number of nitrogens with zero attached hydrogens (tertiary/aromatic N) is 1. The van der Waals surface area contributed by atoms with Gasteiger partial charge in [-0.05, 0) is 31.7 Å². The summed E-state index contributed by atoms with van der Waals surface area (Å²) in [6.45, 7) is 3.05. The van der Waals surface area contributed by atoms with Gasteiger partial charge in [0.2, 0.25) is 0 Å². The number of thiazole rings is 1. The van der Waals surface area contributed by atoms with Gasteiger partial charge in [-0.2, -0.15) is 0 Å². The average Bonchev–Trinajstić information content (AvgIpc) is 2.46. The fraction of sp³-hybridized carbons (Fsp3) is 0.700. The fourth-order valence-corrected chi connectivity index (χ4v) is 3.12. The number of rotatable bonds is 2. The van der Waals surface area contributed by atoms with Gasteiger partial charge in [0.05, 0.1) is 10.7 Å². The number of hydrogen-bond donors (Lipinski definition) is 1. The van der Waals surface area contributed by atoms with Crippen molar-refractivity contribution < 1.29 is 0 Å². The van der Waals surface area contributed by atoms with Crippen LogP contribution in [0, 0.1) is 5.92 Å². The molecule has 0 spiro atoms. The van der Waals surface area contributed by atoms with Gasteiger partial charge in [-0.1, -0.05) is 6.92 Å². The van der Waals surface area contributed by atoms with Crippen LogP contribution in [0.4, 0.5) is 0 Å². The first kappa shape index (κ1) is 9.16. The predicted molar refractivity (Wildman–Crippen MR) is 56.1 cm³/mol. The molecule has 0 aliphatic heterocycles. The molecular weight excluding hydrogens is 180 g/mol. The zero-order chi connectivity index (χ0) is 9.26. The molecule has 72 valence electrons. The highest BCUT2D eigenvalue weighted by atomic mass is 32.1. The molecule has 2 nitrogen and oxygen atoms in total. The van der Waals surface area contributed by atoms with Crippen LogP contribution < -0.4 is 5.73 Å². The molecule has 0 aromatic carbocycles.